The predicted octanol–water partition coefficient (Wildman–Crippen LogP) is 2.77. The average Bonchev–Trinajstić information content (AvgIpc) is 3.46. The molecule has 3 saturated carbocycles. The summed E-state index contributed by atoms with van der Waals surface area (Å²) in [5, 5.41) is 11.5. The zero-order chi connectivity index (χ0) is 20.7. The van der Waals surface area contributed by atoms with Crippen molar-refractivity contribution in [1.29, 1.82) is 0 Å². The van der Waals surface area contributed by atoms with Crippen LogP contribution in [-0.2, 0) is 13.5 Å². The lowest BCUT2D eigenvalue weighted by Gasteiger charge is -2.38. The minimum atomic E-state index is -0.391. The van der Waals surface area contributed by atoms with Crippen LogP contribution < -0.4 is 16.4 Å². The summed E-state index contributed by atoms with van der Waals surface area (Å²) in [4.78, 5) is 8.77. The van der Waals surface area contributed by atoms with Gasteiger partial charge in [-0.25, -0.2) is 14.4 Å². The number of aromatic nitrogens is 4. The zero-order valence-electron chi connectivity index (χ0n) is 17.6. The van der Waals surface area contributed by atoms with Gasteiger partial charge >= 0.3 is 0 Å². The fourth-order valence-electron chi connectivity index (χ4n) is 4.84. The molecule has 30 heavy (non-hydrogen) atoms. The van der Waals surface area contributed by atoms with Crippen molar-refractivity contribution in [2.24, 2.45) is 18.7 Å². The number of nitrogens with zero attached hydrogens (tertiary/aromatic N) is 4. The molecule has 0 bridgehead atoms. The Morgan fingerprint density at radius 2 is 1.80 bits per heavy atom. The number of nitrogens with two attached hydrogens (primary N) is 1. The molecule has 0 aliphatic heterocycles. The van der Waals surface area contributed by atoms with Crippen molar-refractivity contribution in [1.82, 2.24) is 25.1 Å². The largest absolute Gasteiger partial charge is 0.351 e. The van der Waals surface area contributed by atoms with Crippen LogP contribution >= 0.6 is 0 Å². The number of nitrogens with one attached hydrogen (secondary N) is 2. The Balaban J connectivity index is 1.23. The first kappa shape index (κ1) is 19.9. The lowest BCUT2D eigenvalue weighted by molar-refractivity contribution is 0.236. The van der Waals surface area contributed by atoms with Crippen LogP contribution in [0.1, 0.15) is 57.1 Å². The highest BCUT2D eigenvalue weighted by molar-refractivity contribution is 5.63. The molecule has 0 atom stereocenters. The lowest BCUT2D eigenvalue weighted by atomic mass is 9.84. The number of rotatable bonds is 7. The molecule has 3 aliphatic carbocycles. The van der Waals surface area contributed by atoms with Crippen LogP contribution in [0.2, 0.25) is 0 Å². The molecule has 0 saturated heterocycles. The SMILES string of the molecule is Cn1ncc(-c2nc(N[C@H]3CC[C@H](NC4CC(N)C4)CC3)ncc2F)c1CC1CC1. The monoisotopic (exact) mass is 413 g/mol. The second kappa shape index (κ2) is 8.23. The minimum absolute atomic E-state index is 0.324. The molecule has 0 amide bonds. The van der Waals surface area contributed by atoms with Crippen molar-refractivity contribution >= 4 is 5.95 Å². The maximum Gasteiger partial charge on any atom is 0.223 e. The molecule has 4 N–H and O–H groups in total. The zero-order valence-corrected chi connectivity index (χ0v) is 17.6. The van der Waals surface area contributed by atoms with E-state index in [1.54, 1.807) is 6.20 Å². The Morgan fingerprint density at radius 1 is 1.07 bits per heavy atom. The molecule has 0 aromatic carbocycles. The first-order chi connectivity index (χ1) is 14.5. The summed E-state index contributed by atoms with van der Waals surface area (Å²) < 4.78 is 16.5. The molecular formula is C22H32FN7. The van der Waals surface area contributed by atoms with E-state index in [0.29, 0.717) is 41.7 Å². The second-order valence-electron chi connectivity index (χ2n) is 9.45. The minimum Gasteiger partial charge on any atom is -0.351 e. The van der Waals surface area contributed by atoms with Gasteiger partial charge in [0.25, 0.3) is 0 Å². The standard InChI is InChI=1S/C22H32FN7/c1-30-20(8-13-2-3-13)18(11-26-30)21-19(23)12-25-22(29-21)28-16-6-4-15(5-7-16)27-17-9-14(24)10-17/h11-17,27H,2-10,24H2,1H3,(H,25,28,29)/t14?,15-,16-,17?. The first-order valence-corrected chi connectivity index (χ1v) is 11.4. The summed E-state index contributed by atoms with van der Waals surface area (Å²) in [7, 11) is 1.92. The molecule has 3 fully saturated rings. The van der Waals surface area contributed by atoms with E-state index in [1.165, 1.54) is 19.0 Å². The Morgan fingerprint density at radius 3 is 2.50 bits per heavy atom. The number of halogens is 1. The van der Waals surface area contributed by atoms with E-state index >= 15 is 0 Å². The maximum atomic E-state index is 14.6. The summed E-state index contributed by atoms with van der Waals surface area (Å²) in [6, 6.07) is 1.88. The molecule has 5 rings (SSSR count). The number of anilines is 1. The molecule has 162 valence electrons. The van der Waals surface area contributed by atoms with Gasteiger partial charge in [-0.3, -0.25) is 4.68 Å². The fraction of sp³-hybridized carbons (Fsp3) is 0.682. The van der Waals surface area contributed by atoms with Crippen LogP contribution in [0, 0.1) is 11.7 Å². The summed E-state index contributed by atoms with van der Waals surface area (Å²) in [6.45, 7) is 0. The van der Waals surface area contributed by atoms with E-state index in [2.05, 4.69) is 25.7 Å². The van der Waals surface area contributed by atoms with E-state index in [4.69, 9.17) is 5.73 Å². The van der Waals surface area contributed by atoms with Gasteiger partial charge in [-0.05, 0) is 63.7 Å². The Hall–Kier alpha value is -2.06. The topological polar surface area (TPSA) is 93.7 Å². The predicted molar refractivity (Wildman–Crippen MR) is 114 cm³/mol. The molecule has 2 heterocycles. The molecule has 0 unspecified atom stereocenters. The van der Waals surface area contributed by atoms with Gasteiger partial charge in [0.15, 0.2) is 5.82 Å². The van der Waals surface area contributed by atoms with Crippen LogP contribution in [0.15, 0.2) is 12.4 Å². The lowest BCUT2D eigenvalue weighted by Crippen LogP contribution is -2.52. The highest BCUT2D eigenvalue weighted by atomic mass is 19.1. The van der Waals surface area contributed by atoms with Crippen LogP contribution in [0.3, 0.4) is 0 Å². The van der Waals surface area contributed by atoms with Gasteiger partial charge in [0, 0.05) is 42.5 Å². The molecule has 2 aromatic rings. The van der Waals surface area contributed by atoms with Gasteiger partial charge < -0.3 is 16.4 Å². The average molecular weight is 414 g/mol. The van der Waals surface area contributed by atoms with Crippen molar-refractivity contribution in [3.8, 4) is 11.3 Å². The molecule has 8 heteroatoms. The van der Waals surface area contributed by atoms with Crippen molar-refractivity contribution in [2.75, 3.05) is 5.32 Å². The van der Waals surface area contributed by atoms with E-state index in [0.717, 1.165) is 56.2 Å². The summed E-state index contributed by atoms with van der Waals surface area (Å²) >= 11 is 0. The van der Waals surface area contributed by atoms with E-state index in [1.807, 2.05) is 11.7 Å². The van der Waals surface area contributed by atoms with Crippen LogP contribution in [0.5, 0.6) is 0 Å². The third-order valence-corrected chi connectivity index (χ3v) is 6.95. The highest BCUT2D eigenvalue weighted by Crippen LogP contribution is 2.36. The smallest absolute Gasteiger partial charge is 0.223 e. The summed E-state index contributed by atoms with van der Waals surface area (Å²) in [5.41, 5.74) is 8.09. The Bertz CT molecular complexity index is 880. The number of hydrogen-bond donors (Lipinski definition) is 3. The van der Waals surface area contributed by atoms with E-state index < -0.39 is 5.82 Å². The first-order valence-electron chi connectivity index (χ1n) is 11.4. The van der Waals surface area contributed by atoms with Gasteiger partial charge in [-0.15, -0.1) is 0 Å². The van der Waals surface area contributed by atoms with E-state index in [9.17, 15) is 4.39 Å². The van der Waals surface area contributed by atoms with Gasteiger partial charge in [0.2, 0.25) is 5.95 Å². The Labute approximate surface area is 177 Å². The summed E-state index contributed by atoms with van der Waals surface area (Å²) in [5.74, 6) is 0.812. The number of hydrogen-bond acceptors (Lipinski definition) is 6. The summed E-state index contributed by atoms with van der Waals surface area (Å²) in [6.07, 6.45) is 13.0. The van der Waals surface area contributed by atoms with Gasteiger partial charge in [0.1, 0.15) is 5.69 Å². The fourth-order valence-corrected chi connectivity index (χ4v) is 4.84. The van der Waals surface area contributed by atoms with Gasteiger partial charge in [-0.1, -0.05) is 0 Å². The van der Waals surface area contributed by atoms with E-state index in [-0.39, 0.29) is 0 Å². The third-order valence-electron chi connectivity index (χ3n) is 6.95. The molecular weight excluding hydrogens is 381 g/mol. The van der Waals surface area contributed by atoms with Gasteiger partial charge in [0.05, 0.1) is 12.4 Å². The Kier molecular flexibility index (Phi) is 5.45. The molecule has 0 radical (unpaired) electrons. The molecule has 0 spiro atoms. The van der Waals surface area contributed by atoms with Crippen molar-refractivity contribution in [3.63, 3.8) is 0 Å². The molecule has 7 nitrogen and oxygen atoms in total. The second-order valence-corrected chi connectivity index (χ2v) is 9.45. The van der Waals surface area contributed by atoms with Gasteiger partial charge in [-0.2, -0.15) is 5.10 Å². The quantitative estimate of drug-likeness (QED) is 0.646. The molecule has 3 aliphatic rings. The van der Waals surface area contributed by atoms with Crippen LogP contribution in [0.25, 0.3) is 11.3 Å². The highest BCUT2D eigenvalue weighted by Gasteiger charge is 2.30. The van der Waals surface area contributed by atoms with Crippen LogP contribution in [-0.4, -0.2) is 43.9 Å². The van der Waals surface area contributed by atoms with Crippen molar-refractivity contribution in [2.45, 2.75) is 82.0 Å². The third kappa shape index (κ3) is 4.34. The van der Waals surface area contributed by atoms with Crippen molar-refractivity contribution < 1.29 is 4.39 Å². The van der Waals surface area contributed by atoms with Crippen molar-refractivity contribution in [3.05, 3.63) is 23.9 Å². The number of aryl methyl sites for hydroxylation is 1. The normalized spacial score (nSPS) is 28.9. The van der Waals surface area contributed by atoms with Crippen LogP contribution in [0.4, 0.5) is 10.3 Å². The maximum absolute atomic E-state index is 14.6. The molecule has 2 aromatic heterocycles.